The van der Waals surface area contributed by atoms with E-state index in [1.165, 1.54) is 0 Å². The van der Waals surface area contributed by atoms with Crippen molar-refractivity contribution in [3.63, 3.8) is 0 Å². The van der Waals surface area contributed by atoms with E-state index in [0.29, 0.717) is 0 Å². The van der Waals surface area contributed by atoms with Crippen LogP contribution in [0.1, 0.15) is 0 Å². The minimum Gasteiger partial charge on any atom is -2.00 e. The molecular formula is AgAlLiO+3. The molecule has 0 spiro atoms. The topological polar surface area (TPSA) is 28.5 Å². The summed E-state index contributed by atoms with van der Waals surface area (Å²) in [5.41, 5.74) is 0. The van der Waals surface area contributed by atoms with Crippen LogP contribution in [0.5, 0.6) is 0 Å². The molecule has 0 aliphatic rings. The van der Waals surface area contributed by atoms with Gasteiger partial charge in [-0.1, -0.05) is 0 Å². The van der Waals surface area contributed by atoms with Crippen molar-refractivity contribution in [3.05, 3.63) is 0 Å². The average molecular weight is 158 g/mol. The van der Waals surface area contributed by atoms with Crippen molar-refractivity contribution in [2.45, 2.75) is 0 Å². The normalized spacial score (nSPS) is 0. The van der Waals surface area contributed by atoms with Gasteiger partial charge in [-0.15, -0.1) is 0 Å². The molecule has 0 fully saturated rings. The molecule has 1 nitrogen and oxygen atoms in total. The Balaban J connectivity index is 0. The average Bonchev–Trinajstić information content (AvgIpc) is 0. The maximum atomic E-state index is 0. The molecule has 0 aliphatic carbocycles. The second-order valence-corrected chi connectivity index (χ2v) is 0. The Labute approximate surface area is 63.7 Å². The number of hydrogen-bond donors (Lipinski definition) is 0. The van der Waals surface area contributed by atoms with E-state index >= 15 is 0 Å². The van der Waals surface area contributed by atoms with Crippen LogP contribution in [0.25, 0.3) is 0 Å². The van der Waals surface area contributed by atoms with Gasteiger partial charge in [-0.25, -0.2) is 0 Å². The summed E-state index contributed by atoms with van der Waals surface area (Å²) < 4.78 is 0. The van der Waals surface area contributed by atoms with Gasteiger partial charge in [0, 0.05) is 0 Å². The fourth-order valence-corrected chi connectivity index (χ4v) is 0. The van der Waals surface area contributed by atoms with Crippen molar-refractivity contribution >= 4 is 17.4 Å². The van der Waals surface area contributed by atoms with E-state index in [0.717, 1.165) is 0 Å². The van der Waals surface area contributed by atoms with Gasteiger partial charge in [-0.05, 0) is 0 Å². The molecule has 0 rings (SSSR count). The summed E-state index contributed by atoms with van der Waals surface area (Å²) >= 11 is 0. The molecule has 0 saturated heterocycles. The molecule has 0 bridgehead atoms. The summed E-state index contributed by atoms with van der Waals surface area (Å²) in [5, 5.41) is 0. The Morgan fingerprint density at radius 1 is 1.00 bits per heavy atom. The number of hydrogen-bond acceptors (Lipinski definition) is 0. The van der Waals surface area contributed by atoms with Crippen molar-refractivity contribution in [1.82, 2.24) is 0 Å². The second kappa shape index (κ2) is 21.2. The van der Waals surface area contributed by atoms with E-state index in [2.05, 4.69) is 0 Å². The van der Waals surface area contributed by atoms with Gasteiger partial charge in [-0.3, -0.25) is 0 Å². The predicted molar refractivity (Wildman–Crippen MR) is 6.44 cm³/mol. The second-order valence-electron chi connectivity index (χ2n) is 0. The fourth-order valence-electron chi connectivity index (χ4n) is 0. The van der Waals surface area contributed by atoms with E-state index in [-0.39, 0.29) is 64.1 Å². The van der Waals surface area contributed by atoms with E-state index in [1.807, 2.05) is 0 Å². The van der Waals surface area contributed by atoms with Crippen molar-refractivity contribution in [2.75, 3.05) is 0 Å². The largest absolute Gasteiger partial charge is 3.00 e. The van der Waals surface area contributed by atoms with Crippen LogP contribution in [-0.2, 0) is 27.9 Å². The summed E-state index contributed by atoms with van der Waals surface area (Å²) in [7, 11) is 0. The van der Waals surface area contributed by atoms with Gasteiger partial charge >= 0.3 is 58.6 Å². The maximum absolute atomic E-state index is 0. The quantitative estimate of drug-likeness (QED) is 0.327. The van der Waals surface area contributed by atoms with Crippen LogP contribution in [0.3, 0.4) is 0 Å². The van der Waals surface area contributed by atoms with Crippen LogP contribution in [0.2, 0.25) is 0 Å². The van der Waals surface area contributed by atoms with E-state index < -0.39 is 0 Å². The fraction of sp³-hybridized carbons (Fsp3) is 0. The monoisotopic (exact) mass is 157 g/mol. The molecule has 4 heteroatoms. The Kier molecular flexibility index (Phi) is 215. The van der Waals surface area contributed by atoms with Crippen LogP contribution in [0, 0.1) is 0 Å². The first-order valence-corrected chi connectivity index (χ1v) is 0. The van der Waals surface area contributed by atoms with Gasteiger partial charge in [0.15, 0.2) is 0 Å². The van der Waals surface area contributed by atoms with Crippen molar-refractivity contribution < 1.29 is 46.7 Å². The van der Waals surface area contributed by atoms with Crippen LogP contribution in [0.15, 0.2) is 0 Å². The van der Waals surface area contributed by atoms with Crippen molar-refractivity contribution in [3.8, 4) is 0 Å². The van der Waals surface area contributed by atoms with Crippen LogP contribution >= 0.6 is 0 Å². The first-order chi connectivity index (χ1) is 0. The van der Waals surface area contributed by atoms with E-state index in [1.54, 1.807) is 0 Å². The molecule has 0 aromatic heterocycles. The predicted octanol–water partition coefficient (Wildman–Crippen LogP) is -3.50. The third-order valence-corrected chi connectivity index (χ3v) is 0. The van der Waals surface area contributed by atoms with Crippen LogP contribution < -0.4 is 18.9 Å². The molecule has 0 aromatic carbocycles. The molecule has 0 radical (unpaired) electrons. The van der Waals surface area contributed by atoms with Gasteiger partial charge < -0.3 is 5.48 Å². The standard InChI is InChI=1S/Ag.Al.Li.O/q+1;+3;+1;-2. The molecule has 0 saturated carbocycles. The van der Waals surface area contributed by atoms with Crippen molar-refractivity contribution in [2.24, 2.45) is 0 Å². The van der Waals surface area contributed by atoms with E-state index in [4.69, 9.17) is 0 Å². The van der Waals surface area contributed by atoms with Gasteiger partial charge in [0.05, 0.1) is 0 Å². The molecule has 0 heterocycles. The summed E-state index contributed by atoms with van der Waals surface area (Å²) in [6, 6.07) is 0. The molecular weight excluding hydrogens is 158 g/mol. The molecule has 0 amide bonds. The van der Waals surface area contributed by atoms with E-state index in [9.17, 15) is 0 Å². The van der Waals surface area contributed by atoms with Gasteiger partial charge in [0.1, 0.15) is 0 Å². The Bertz CT molecular complexity index is 8.00. The Morgan fingerprint density at radius 2 is 1.00 bits per heavy atom. The maximum Gasteiger partial charge on any atom is 3.00 e. The molecule has 18 valence electrons. The Hall–Kier alpha value is 1.83. The molecule has 0 N–H and O–H groups in total. The van der Waals surface area contributed by atoms with Crippen LogP contribution in [0.4, 0.5) is 0 Å². The molecule has 0 atom stereocenters. The third kappa shape index (κ3) is 9.16. The molecule has 0 aliphatic heterocycles. The van der Waals surface area contributed by atoms with Crippen LogP contribution in [-0.4, -0.2) is 17.4 Å². The Morgan fingerprint density at radius 3 is 1.00 bits per heavy atom. The van der Waals surface area contributed by atoms with Crippen molar-refractivity contribution in [1.29, 1.82) is 0 Å². The zero-order chi connectivity index (χ0) is 0. The first-order valence-electron chi connectivity index (χ1n) is 0. The zero-order valence-corrected chi connectivity index (χ0v) is 4.92. The summed E-state index contributed by atoms with van der Waals surface area (Å²) in [5.74, 6) is 0. The van der Waals surface area contributed by atoms with Gasteiger partial charge in [-0.2, -0.15) is 0 Å². The zero-order valence-electron chi connectivity index (χ0n) is 2.29. The third-order valence-electron chi connectivity index (χ3n) is 0. The van der Waals surface area contributed by atoms with Gasteiger partial charge in [0.2, 0.25) is 0 Å². The minimum atomic E-state index is 0. The van der Waals surface area contributed by atoms with Gasteiger partial charge in [0.25, 0.3) is 0 Å². The summed E-state index contributed by atoms with van der Waals surface area (Å²) in [4.78, 5) is 0. The molecule has 4 heavy (non-hydrogen) atoms. The smallest absolute Gasteiger partial charge is 2.00 e. The SMILES string of the molecule is [Ag+].[Al+3].[Li+].[O-2]. The number of rotatable bonds is 0. The minimum absolute atomic E-state index is 0. The summed E-state index contributed by atoms with van der Waals surface area (Å²) in [6.45, 7) is 0. The molecule has 0 unspecified atom stereocenters. The molecule has 0 aromatic rings. The first kappa shape index (κ1) is 40.6. The summed E-state index contributed by atoms with van der Waals surface area (Å²) in [6.07, 6.45) is 0.